The molecule has 0 radical (unpaired) electrons. The first-order chi connectivity index (χ1) is 13.7. The molecule has 0 fully saturated rings. The van der Waals surface area contributed by atoms with E-state index < -0.39 is 0 Å². The van der Waals surface area contributed by atoms with Crippen LogP contribution in [-0.4, -0.2) is 23.2 Å². The smallest absolute Gasteiger partial charge is 0.258 e. The Hall–Kier alpha value is -3.61. The number of nitriles is 2. The maximum Gasteiger partial charge on any atom is 0.258 e. The zero-order chi connectivity index (χ0) is 19.5. The molecule has 0 saturated carbocycles. The Morgan fingerprint density at radius 1 is 1.04 bits per heavy atom. The molecule has 3 aromatic rings. The summed E-state index contributed by atoms with van der Waals surface area (Å²) >= 11 is 1.69. The number of carbonyl (C=O) groups excluding carboxylic acids is 1. The number of amides is 1. The maximum absolute atomic E-state index is 13.1. The molecule has 1 aliphatic rings. The Labute approximate surface area is 166 Å². The highest BCUT2D eigenvalue weighted by Gasteiger charge is 2.26. The molecular formula is C22H14N4OS. The van der Waals surface area contributed by atoms with Gasteiger partial charge in [-0.05, 0) is 35.9 Å². The number of fused-ring (bicyclic) bond motifs is 1. The highest BCUT2D eigenvalue weighted by atomic mass is 32.2. The number of anilines is 1. The largest absolute Gasteiger partial charge is 0.305 e. The van der Waals surface area contributed by atoms with Gasteiger partial charge in [-0.1, -0.05) is 18.2 Å². The van der Waals surface area contributed by atoms with Crippen molar-refractivity contribution in [2.75, 3.05) is 17.2 Å². The second-order valence-electron chi connectivity index (χ2n) is 6.22. The van der Waals surface area contributed by atoms with Gasteiger partial charge in [0, 0.05) is 34.5 Å². The van der Waals surface area contributed by atoms with Gasteiger partial charge in [0.1, 0.15) is 0 Å². The third kappa shape index (κ3) is 3.22. The van der Waals surface area contributed by atoms with Gasteiger partial charge in [0.15, 0.2) is 0 Å². The Morgan fingerprint density at radius 2 is 1.82 bits per heavy atom. The van der Waals surface area contributed by atoms with Crippen molar-refractivity contribution in [3.05, 3.63) is 77.6 Å². The number of hydrogen-bond acceptors (Lipinski definition) is 5. The molecule has 4 rings (SSSR count). The Kier molecular flexibility index (Phi) is 4.80. The molecule has 0 saturated heterocycles. The lowest BCUT2D eigenvalue weighted by atomic mass is 10.0. The lowest BCUT2D eigenvalue weighted by molar-refractivity contribution is 0.0987. The first-order valence-electron chi connectivity index (χ1n) is 8.64. The van der Waals surface area contributed by atoms with Crippen LogP contribution in [-0.2, 0) is 0 Å². The van der Waals surface area contributed by atoms with Gasteiger partial charge in [0.2, 0.25) is 0 Å². The Bertz CT molecular complexity index is 1140. The molecule has 0 atom stereocenters. The fourth-order valence-electron chi connectivity index (χ4n) is 3.16. The minimum Gasteiger partial charge on any atom is -0.305 e. The molecule has 5 nitrogen and oxygen atoms in total. The minimum atomic E-state index is -0.141. The van der Waals surface area contributed by atoms with Crippen molar-refractivity contribution in [2.45, 2.75) is 4.90 Å². The fourth-order valence-corrected chi connectivity index (χ4v) is 4.27. The summed E-state index contributed by atoms with van der Waals surface area (Å²) in [5.41, 5.74) is 4.21. The molecule has 6 heteroatoms. The molecule has 28 heavy (non-hydrogen) atoms. The van der Waals surface area contributed by atoms with Gasteiger partial charge >= 0.3 is 0 Å². The van der Waals surface area contributed by atoms with Crippen molar-refractivity contribution in [3.63, 3.8) is 0 Å². The van der Waals surface area contributed by atoms with Crippen molar-refractivity contribution >= 4 is 23.4 Å². The van der Waals surface area contributed by atoms with Gasteiger partial charge in [0.25, 0.3) is 5.91 Å². The Balaban J connectivity index is 1.75. The normalized spacial score (nSPS) is 12.6. The predicted molar refractivity (Wildman–Crippen MR) is 108 cm³/mol. The van der Waals surface area contributed by atoms with Crippen molar-refractivity contribution in [2.24, 2.45) is 0 Å². The molecule has 1 aliphatic heterocycles. The molecule has 0 spiro atoms. The van der Waals surface area contributed by atoms with E-state index in [4.69, 9.17) is 10.5 Å². The second-order valence-corrected chi connectivity index (χ2v) is 7.33. The van der Waals surface area contributed by atoms with Crippen LogP contribution in [0.4, 0.5) is 5.69 Å². The van der Waals surface area contributed by atoms with Gasteiger partial charge in [-0.2, -0.15) is 10.5 Å². The van der Waals surface area contributed by atoms with E-state index in [1.807, 2.05) is 12.1 Å². The molecule has 1 amide bonds. The van der Waals surface area contributed by atoms with Crippen LogP contribution in [0.2, 0.25) is 0 Å². The van der Waals surface area contributed by atoms with Crippen LogP contribution in [0, 0.1) is 22.7 Å². The molecule has 134 valence electrons. The van der Waals surface area contributed by atoms with Crippen molar-refractivity contribution < 1.29 is 4.79 Å². The topological polar surface area (TPSA) is 80.8 Å². The number of rotatable bonds is 2. The van der Waals surface area contributed by atoms with E-state index in [9.17, 15) is 4.79 Å². The molecule has 0 unspecified atom stereocenters. The zero-order valence-electron chi connectivity index (χ0n) is 14.8. The quantitative estimate of drug-likeness (QED) is 0.662. The van der Waals surface area contributed by atoms with E-state index in [0.29, 0.717) is 23.2 Å². The van der Waals surface area contributed by atoms with Gasteiger partial charge in [-0.15, -0.1) is 11.8 Å². The summed E-state index contributed by atoms with van der Waals surface area (Å²) in [5.74, 6) is 0.627. The van der Waals surface area contributed by atoms with Gasteiger partial charge in [-0.25, -0.2) is 0 Å². The van der Waals surface area contributed by atoms with Crippen LogP contribution >= 0.6 is 11.8 Å². The first kappa shape index (κ1) is 17.8. The fraction of sp³-hybridized carbons (Fsp3) is 0.0909. The van der Waals surface area contributed by atoms with Crippen LogP contribution < -0.4 is 4.90 Å². The first-order valence-corrected chi connectivity index (χ1v) is 9.63. The number of aromatic nitrogens is 1. The molecule has 2 aromatic carbocycles. The van der Waals surface area contributed by atoms with E-state index in [1.165, 1.54) is 0 Å². The molecular weight excluding hydrogens is 368 g/mol. The van der Waals surface area contributed by atoms with E-state index in [2.05, 4.69) is 17.1 Å². The SMILES string of the molecule is N#Cc1ccc(-c2cncc3c2SCCN3C(=O)c2cccc(C#N)c2)cc1. The van der Waals surface area contributed by atoms with E-state index >= 15 is 0 Å². The monoisotopic (exact) mass is 382 g/mol. The van der Waals surface area contributed by atoms with E-state index in [0.717, 1.165) is 27.5 Å². The summed E-state index contributed by atoms with van der Waals surface area (Å²) in [6.07, 6.45) is 3.50. The average Bonchev–Trinajstić information content (AvgIpc) is 2.78. The van der Waals surface area contributed by atoms with Crippen LogP contribution in [0.15, 0.2) is 65.8 Å². The molecule has 2 heterocycles. The summed E-state index contributed by atoms with van der Waals surface area (Å²) in [6, 6.07) is 18.3. The van der Waals surface area contributed by atoms with Crippen molar-refractivity contribution in [1.82, 2.24) is 4.98 Å². The molecule has 0 aliphatic carbocycles. The minimum absolute atomic E-state index is 0.141. The van der Waals surface area contributed by atoms with E-state index in [-0.39, 0.29) is 5.91 Å². The lowest BCUT2D eigenvalue weighted by Gasteiger charge is -2.30. The molecule has 0 bridgehead atoms. The number of hydrogen-bond donors (Lipinski definition) is 0. The number of benzene rings is 2. The predicted octanol–water partition coefficient (Wildman–Crippen LogP) is 4.24. The molecule has 0 N–H and O–H groups in total. The average molecular weight is 382 g/mol. The van der Waals surface area contributed by atoms with Crippen LogP contribution in [0.3, 0.4) is 0 Å². The zero-order valence-corrected chi connectivity index (χ0v) is 15.6. The van der Waals surface area contributed by atoms with Crippen LogP contribution in [0.1, 0.15) is 21.5 Å². The van der Waals surface area contributed by atoms with Crippen LogP contribution in [0.5, 0.6) is 0 Å². The van der Waals surface area contributed by atoms with Crippen LogP contribution in [0.25, 0.3) is 11.1 Å². The van der Waals surface area contributed by atoms with Crippen molar-refractivity contribution in [1.29, 1.82) is 10.5 Å². The highest BCUT2D eigenvalue weighted by Crippen LogP contribution is 2.41. The summed E-state index contributed by atoms with van der Waals surface area (Å²) < 4.78 is 0. The summed E-state index contributed by atoms with van der Waals surface area (Å²) in [4.78, 5) is 20.2. The number of nitrogens with zero attached hydrogens (tertiary/aromatic N) is 4. The maximum atomic E-state index is 13.1. The lowest BCUT2D eigenvalue weighted by Crippen LogP contribution is -2.35. The number of thioether (sulfide) groups is 1. The van der Waals surface area contributed by atoms with Crippen molar-refractivity contribution in [3.8, 4) is 23.3 Å². The summed E-state index contributed by atoms with van der Waals surface area (Å²) in [7, 11) is 0. The number of pyridine rings is 1. The van der Waals surface area contributed by atoms with Gasteiger partial charge in [0.05, 0.1) is 35.1 Å². The number of carbonyl (C=O) groups is 1. The summed E-state index contributed by atoms with van der Waals surface area (Å²) in [5, 5.41) is 18.1. The highest BCUT2D eigenvalue weighted by molar-refractivity contribution is 7.99. The third-order valence-electron chi connectivity index (χ3n) is 4.54. The standard InChI is InChI=1S/C22H14N4OS/c23-11-15-4-6-17(7-5-15)19-13-25-14-20-21(19)28-9-8-26(20)22(27)18-3-1-2-16(10-18)12-24/h1-7,10,13-14H,8-9H2. The van der Waals surface area contributed by atoms with Gasteiger partial charge < -0.3 is 4.90 Å². The van der Waals surface area contributed by atoms with E-state index in [1.54, 1.807) is 65.5 Å². The third-order valence-corrected chi connectivity index (χ3v) is 5.64. The summed E-state index contributed by atoms with van der Waals surface area (Å²) in [6.45, 7) is 0.575. The Morgan fingerprint density at radius 3 is 2.57 bits per heavy atom. The van der Waals surface area contributed by atoms with Gasteiger partial charge in [-0.3, -0.25) is 9.78 Å². The second kappa shape index (κ2) is 7.56. The molecule has 1 aromatic heterocycles.